The molecule has 158 valence electrons. The number of benzene rings is 2. The van der Waals surface area contributed by atoms with Crippen LogP contribution in [0.25, 0.3) is 21.0 Å². The molecular weight excluding hydrogens is 410 g/mol. The van der Waals surface area contributed by atoms with Gasteiger partial charge in [-0.1, -0.05) is 12.1 Å². The van der Waals surface area contributed by atoms with E-state index in [0.717, 1.165) is 15.2 Å². The topological polar surface area (TPSA) is 84.2 Å². The predicted octanol–water partition coefficient (Wildman–Crippen LogP) is 5.01. The van der Waals surface area contributed by atoms with Gasteiger partial charge in [-0.25, -0.2) is 4.98 Å². The molecule has 0 saturated heterocycles. The van der Waals surface area contributed by atoms with Gasteiger partial charge in [-0.2, -0.15) is 0 Å². The van der Waals surface area contributed by atoms with E-state index in [9.17, 15) is 9.59 Å². The predicted molar refractivity (Wildman–Crippen MR) is 122 cm³/mol. The van der Waals surface area contributed by atoms with Gasteiger partial charge in [0.1, 0.15) is 5.76 Å². The number of aromatic nitrogens is 1. The molecule has 0 unspecified atom stereocenters. The van der Waals surface area contributed by atoms with E-state index in [-0.39, 0.29) is 23.9 Å². The lowest BCUT2D eigenvalue weighted by Gasteiger charge is -2.20. The van der Waals surface area contributed by atoms with E-state index in [0.29, 0.717) is 22.6 Å². The van der Waals surface area contributed by atoms with Gasteiger partial charge in [0, 0.05) is 16.7 Å². The van der Waals surface area contributed by atoms with Crippen LogP contribution in [0.2, 0.25) is 0 Å². The summed E-state index contributed by atoms with van der Waals surface area (Å²) in [6.07, 6.45) is 0. The Bertz CT molecular complexity index is 1200. The Morgan fingerprint density at radius 1 is 0.935 bits per heavy atom. The van der Waals surface area contributed by atoms with Crippen LogP contribution in [0.4, 0.5) is 0 Å². The van der Waals surface area contributed by atoms with Crippen LogP contribution in [0.3, 0.4) is 0 Å². The Morgan fingerprint density at radius 3 is 2.29 bits per heavy atom. The van der Waals surface area contributed by atoms with E-state index < -0.39 is 0 Å². The number of nitrogens with zero attached hydrogens (tertiary/aromatic N) is 1. The monoisotopic (exact) mass is 433 g/mol. The van der Waals surface area contributed by atoms with Crippen molar-refractivity contribution in [3.63, 3.8) is 0 Å². The van der Waals surface area contributed by atoms with Crippen molar-refractivity contribution in [2.45, 2.75) is 32.9 Å². The number of furan rings is 1. The standard InChI is InChI=1S/C24H23N3O3S/c1-24(2,3)27-22(29)16-10-8-15(9-11-16)21(28)25-14-17-12-13-19(30-17)23-26-18-6-4-5-7-20(18)31-23/h4-13H,14H2,1-3H3,(H,25,28)(H,27,29). The molecule has 2 aromatic carbocycles. The van der Waals surface area contributed by atoms with Gasteiger partial charge in [-0.3, -0.25) is 9.59 Å². The number of thiazole rings is 1. The Kier molecular flexibility index (Phi) is 5.61. The zero-order valence-electron chi connectivity index (χ0n) is 17.6. The number of carbonyl (C=O) groups is 2. The van der Waals surface area contributed by atoms with Gasteiger partial charge >= 0.3 is 0 Å². The maximum absolute atomic E-state index is 12.5. The van der Waals surface area contributed by atoms with Crippen molar-refractivity contribution in [3.05, 3.63) is 77.6 Å². The smallest absolute Gasteiger partial charge is 0.251 e. The van der Waals surface area contributed by atoms with E-state index >= 15 is 0 Å². The van der Waals surface area contributed by atoms with Crippen LogP contribution in [0.15, 0.2) is 65.1 Å². The maximum atomic E-state index is 12.5. The molecule has 31 heavy (non-hydrogen) atoms. The van der Waals surface area contributed by atoms with Crippen molar-refractivity contribution in [3.8, 4) is 10.8 Å². The summed E-state index contributed by atoms with van der Waals surface area (Å²) in [7, 11) is 0. The summed E-state index contributed by atoms with van der Waals surface area (Å²) in [6.45, 7) is 6.02. The maximum Gasteiger partial charge on any atom is 0.251 e. The molecule has 2 aromatic heterocycles. The van der Waals surface area contributed by atoms with Gasteiger partial charge in [-0.05, 0) is 69.3 Å². The molecule has 2 amide bonds. The minimum atomic E-state index is -0.319. The van der Waals surface area contributed by atoms with Crippen LogP contribution in [-0.4, -0.2) is 22.3 Å². The first kappa shape index (κ1) is 20.8. The van der Waals surface area contributed by atoms with Crippen molar-refractivity contribution in [2.75, 3.05) is 0 Å². The molecule has 7 heteroatoms. The van der Waals surface area contributed by atoms with Crippen LogP contribution in [0.1, 0.15) is 47.2 Å². The number of amides is 2. The Labute approximate surface area is 184 Å². The van der Waals surface area contributed by atoms with Gasteiger partial charge in [0.15, 0.2) is 10.8 Å². The third-order valence-corrected chi connectivity index (χ3v) is 5.54. The summed E-state index contributed by atoms with van der Waals surface area (Å²) in [5.74, 6) is 0.918. The van der Waals surface area contributed by atoms with Gasteiger partial charge in [0.25, 0.3) is 11.8 Å². The lowest BCUT2D eigenvalue weighted by molar-refractivity contribution is 0.0915. The van der Waals surface area contributed by atoms with Crippen LogP contribution in [0, 0.1) is 0 Å². The van der Waals surface area contributed by atoms with Crippen molar-refractivity contribution in [1.82, 2.24) is 15.6 Å². The zero-order chi connectivity index (χ0) is 22.0. The molecule has 0 radical (unpaired) electrons. The molecule has 0 aliphatic rings. The zero-order valence-corrected chi connectivity index (χ0v) is 18.4. The SMILES string of the molecule is CC(C)(C)NC(=O)c1ccc(C(=O)NCc2ccc(-c3nc4ccccc4s3)o2)cc1. The molecule has 2 N–H and O–H groups in total. The minimum absolute atomic E-state index is 0.169. The molecule has 0 spiro atoms. The van der Waals surface area contributed by atoms with Gasteiger partial charge in [-0.15, -0.1) is 11.3 Å². The Morgan fingerprint density at radius 2 is 1.61 bits per heavy atom. The summed E-state index contributed by atoms with van der Waals surface area (Å²) in [5.41, 5.74) is 1.61. The van der Waals surface area contributed by atoms with E-state index in [1.54, 1.807) is 35.6 Å². The number of nitrogens with one attached hydrogen (secondary N) is 2. The molecule has 0 aliphatic heterocycles. The third-order valence-electron chi connectivity index (χ3n) is 4.49. The van der Waals surface area contributed by atoms with Crippen molar-refractivity contribution >= 4 is 33.4 Å². The molecule has 0 aliphatic carbocycles. The summed E-state index contributed by atoms with van der Waals surface area (Å²) in [4.78, 5) is 29.2. The lowest BCUT2D eigenvalue weighted by atomic mass is 10.1. The number of carbonyl (C=O) groups excluding carboxylic acids is 2. The molecule has 0 fully saturated rings. The molecular formula is C24H23N3O3S. The highest BCUT2D eigenvalue weighted by atomic mass is 32.1. The van der Waals surface area contributed by atoms with E-state index in [1.807, 2.05) is 57.2 Å². The largest absolute Gasteiger partial charge is 0.457 e. The highest BCUT2D eigenvalue weighted by Crippen LogP contribution is 2.31. The van der Waals surface area contributed by atoms with Crippen LogP contribution < -0.4 is 10.6 Å². The van der Waals surface area contributed by atoms with Crippen molar-refractivity contribution in [1.29, 1.82) is 0 Å². The van der Waals surface area contributed by atoms with Crippen LogP contribution in [0.5, 0.6) is 0 Å². The number of rotatable bonds is 5. The van der Waals surface area contributed by atoms with Gasteiger partial charge in [0.2, 0.25) is 0 Å². The van der Waals surface area contributed by atoms with Crippen molar-refractivity contribution < 1.29 is 14.0 Å². The molecule has 0 atom stereocenters. The van der Waals surface area contributed by atoms with E-state index in [2.05, 4.69) is 15.6 Å². The summed E-state index contributed by atoms with van der Waals surface area (Å²) < 4.78 is 6.96. The third kappa shape index (κ3) is 5.00. The fourth-order valence-corrected chi connectivity index (χ4v) is 3.95. The fourth-order valence-electron chi connectivity index (χ4n) is 3.02. The molecule has 4 aromatic rings. The second kappa shape index (κ2) is 8.35. The summed E-state index contributed by atoms with van der Waals surface area (Å²) in [6, 6.07) is 18.2. The van der Waals surface area contributed by atoms with E-state index in [4.69, 9.17) is 4.42 Å². The first-order valence-corrected chi connectivity index (χ1v) is 10.8. The van der Waals surface area contributed by atoms with Crippen LogP contribution in [-0.2, 0) is 6.54 Å². The number of hydrogen-bond acceptors (Lipinski definition) is 5. The van der Waals surface area contributed by atoms with Crippen molar-refractivity contribution in [2.24, 2.45) is 0 Å². The quantitative estimate of drug-likeness (QED) is 0.463. The minimum Gasteiger partial charge on any atom is -0.457 e. The van der Waals surface area contributed by atoms with Crippen LogP contribution >= 0.6 is 11.3 Å². The van der Waals surface area contributed by atoms with E-state index in [1.165, 1.54) is 0 Å². The molecule has 6 nitrogen and oxygen atoms in total. The molecule has 0 bridgehead atoms. The first-order chi connectivity index (χ1) is 14.8. The summed E-state index contributed by atoms with van der Waals surface area (Å²) >= 11 is 1.57. The highest BCUT2D eigenvalue weighted by Gasteiger charge is 2.16. The average Bonchev–Trinajstić information content (AvgIpc) is 3.37. The molecule has 4 rings (SSSR count). The first-order valence-electron chi connectivity index (χ1n) is 9.94. The molecule has 2 heterocycles. The number of hydrogen-bond donors (Lipinski definition) is 2. The highest BCUT2D eigenvalue weighted by molar-refractivity contribution is 7.21. The Balaban J connectivity index is 1.37. The Hall–Kier alpha value is -3.45. The number of para-hydroxylation sites is 1. The van der Waals surface area contributed by atoms with Gasteiger partial charge < -0.3 is 15.1 Å². The number of fused-ring (bicyclic) bond motifs is 1. The molecule has 0 saturated carbocycles. The second-order valence-electron chi connectivity index (χ2n) is 8.22. The average molecular weight is 434 g/mol. The normalized spacial score (nSPS) is 11.5. The second-order valence-corrected chi connectivity index (χ2v) is 9.25. The lowest BCUT2D eigenvalue weighted by Crippen LogP contribution is -2.40. The summed E-state index contributed by atoms with van der Waals surface area (Å²) in [5, 5.41) is 6.55. The fraction of sp³-hybridized carbons (Fsp3) is 0.208. The van der Waals surface area contributed by atoms with Gasteiger partial charge in [0.05, 0.1) is 16.8 Å².